The third-order valence-corrected chi connectivity index (χ3v) is 5.60. The van der Waals surface area contributed by atoms with E-state index < -0.39 is 0 Å². The summed E-state index contributed by atoms with van der Waals surface area (Å²) in [6, 6.07) is 12.2. The van der Waals surface area contributed by atoms with Crippen molar-refractivity contribution >= 4 is 11.6 Å². The first-order valence-electron chi connectivity index (χ1n) is 10.1. The summed E-state index contributed by atoms with van der Waals surface area (Å²) in [6.07, 6.45) is 0.999. The first kappa shape index (κ1) is 18.8. The Morgan fingerprint density at radius 3 is 2.77 bits per heavy atom. The van der Waals surface area contributed by atoms with Crippen molar-refractivity contribution < 1.29 is 18.7 Å². The number of aryl methyl sites for hydroxylation is 1. The molecule has 1 saturated heterocycles. The van der Waals surface area contributed by atoms with Gasteiger partial charge in [0.15, 0.2) is 6.61 Å². The topological polar surface area (TPSA) is 65.4 Å². The second-order valence-corrected chi connectivity index (χ2v) is 7.78. The van der Waals surface area contributed by atoms with Crippen LogP contribution in [0.4, 0.5) is 10.1 Å². The second-order valence-electron chi connectivity index (χ2n) is 7.78. The van der Waals surface area contributed by atoms with Crippen molar-refractivity contribution in [3.05, 3.63) is 54.0 Å². The molecule has 154 valence electrons. The van der Waals surface area contributed by atoms with E-state index in [2.05, 4.69) is 5.32 Å². The molecule has 7 heteroatoms. The van der Waals surface area contributed by atoms with Gasteiger partial charge < -0.3 is 14.8 Å². The van der Waals surface area contributed by atoms with Crippen molar-refractivity contribution in [2.24, 2.45) is 5.92 Å². The summed E-state index contributed by atoms with van der Waals surface area (Å²) >= 11 is 0. The number of anilines is 1. The fourth-order valence-corrected chi connectivity index (χ4v) is 4.17. The molecule has 0 saturated carbocycles. The summed E-state index contributed by atoms with van der Waals surface area (Å²) in [5.41, 5.74) is 5.22. The molecule has 1 N–H and O–H groups in total. The van der Waals surface area contributed by atoms with E-state index in [9.17, 15) is 9.18 Å². The van der Waals surface area contributed by atoms with Crippen LogP contribution in [0, 0.1) is 18.7 Å². The van der Waals surface area contributed by atoms with Gasteiger partial charge in [-0.1, -0.05) is 6.07 Å². The molecule has 3 aromatic rings. The van der Waals surface area contributed by atoms with Gasteiger partial charge in [0.25, 0.3) is 5.91 Å². The third-order valence-electron chi connectivity index (χ3n) is 5.60. The molecular weight excluding hydrogens is 385 g/mol. The fraction of sp³-hybridized carbons (Fsp3) is 0.304. The van der Waals surface area contributed by atoms with E-state index in [1.165, 1.54) is 12.1 Å². The number of carbonyl (C=O) groups is 1. The Labute approximate surface area is 173 Å². The molecule has 0 radical (unpaired) electrons. The number of nitrogens with one attached hydrogen (secondary N) is 1. The highest BCUT2D eigenvalue weighted by Crippen LogP contribution is 2.39. The maximum Gasteiger partial charge on any atom is 0.262 e. The zero-order valence-electron chi connectivity index (χ0n) is 16.7. The Bertz CT molecular complexity index is 1100. The summed E-state index contributed by atoms with van der Waals surface area (Å²) in [5, 5.41) is 7.69. The number of hydrogen-bond donors (Lipinski definition) is 1. The zero-order chi connectivity index (χ0) is 20.7. The number of benzene rings is 2. The highest BCUT2D eigenvalue weighted by atomic mass is 19.1. The van der Waals surface area contributed by atoms with E-state index in [1.807, 2.05) is 29.8 Å². The van der Waals surface area contributed by atoms with Crippen LogP contribution in [0.2, 0.25) is 0 Å². The van der Waals surface area contributed by atoms with Crippen molar-refractivity contribution in [3.8, 4) is 28.1 Å². The number of aromatic nitrogens is 2. The van der Waals surface area contributed by atoms with E-state index in [0.717, 1.165) is 54.3 Å². The van der Waals surface area contributed by atoms with Gasteiger partial charge in [0, 0.05) is 30.2 Å². The van der Waals surface area contributed by atoms with Gasteiger partial charge in [0.2, 0.25) is 0 Å². The highest BCUT2D eigenvalue weighted by Gasteiger charge is 2.24. The zero-order valence-corrected chi connectivity index (χ0v) is 16.7. The predicted molar refractivity (Wildman–Crippen MR) is 111 cm³/mol. The normalized spacial score (nSPS) is 18.1. The molecule has 1 unspecified atom stereocenters. The Balaban J connectivity index is 1.64. The summed E-state index contributed by atoms with van der Waals surface area (Å²) in [5.74, 6) is 0.593. The molecule has 1 fully saturated rings. The maximum atomic E-state index is 13.6. The van der Waals surface area contributed by atoms with Crippen LogP contribution in [-0.4, -0.2) is 35.5 Å². The van der Waals surface area contributed by atoms with Gasteiger partial charge in [-0.2, -0.15) is 5.10 Å². The van der Waals surface area contributed by atoms with Gasteiger partial charge >= 0.3 is 0 Å². The molecule has 3 heterocycles. The van der Waals surface area contributed by atoms with Gasteiger partial charge in [-0.3, -0.25) is 9.48 Å². The van der Waals surface area contributed by atoms with Crippen molar-refractivity contribution in [1.29, 1.82) is 0 Å². The first-order chi connectivity index (χ1) is 14.6. The van der Waals surface area contributed by atoms with Gasteiger partial charge in [0.1, 0.15) is 11.6 Å². The van der Waals surface area contributed by atoms with Crippen LogP contribution in [0.3, 0.4) is 0 Å². The Kier molecular flexibility index (Phi) is 4.75. The lowest BCUT2D eigenvalue weighted by atomic mass is 9.97. The molecule has 2 aromatic carbocycles. The Hall–Kier alpha value is -3.19. The van der Waals surface area contributed by atoms with Crippen LogP contribution in [0.15, 0.2) is 42.5 Å². The number of hydrogen-bond acceptors (Lipinski definition) is 4. The average molecular weight is 407 g/mol. The lowest BCUT2D eigenvalue weighted by molar-refractivity contribution is -0.118. The molecule has 1 amide bonds. The number of halogens is 1. The predicted octanol–water partition coefficient (Wildman–Crippen LogP) is 4.03. The van der Waals surface area contributed by atoms with Gasteiger partial charge in [-0.05, 0) is 55.3 Å². The van der Waals surface area contributed by atoms with E-state index in [-0.39, 0.29) is 18.3 Å². The molecule has 5 rings (SSSR count). The Morgan fingerprint density at radius 1 is 1.20 bits per heavy atom. The smallest absolute Gasteiger partial charge is 0.262 e. The van der Waals surface area contributed by atoms with Crippen LogP contribution in [0.1, 0.15) is 12.1 Å². The molecule has 0 spiro atoms. The van der Waals surface area contributed by atoms with Gasteiger partial charge in [-0.15, -0.1) is 0 Å². The van der Waals surface area contributed by atoms with Crippen LogP contribution in [0.25, 0.3) is 22.4 Å². The van der Waals surface area contributed by atoms with E-state index in [0.29, 0.717) is 17.4 Å². The standard InChI is InChI=1S/C23H22FN3O3/c1-14-22(17-4-7-20-19(10-17)25-21(28)13-30-20)23(16-2-5-18(24)6-3-16)27(26-14)11-15-8-9-29-12-15/h2-7,10,15H,8-9,11-13H2,1H3,(H,25,28). The molecule has 1 atom stereocenters. The molecule has 1 aromatic heterocycles. The number of amides is 1. The summed E-state index contributed by atoms with van der Waals surface area (Å²) < 4.78 is 26.6. The molecule has 2 aliphatic rings. The van der Waals surface area contributed by atoms with Crippen LogP contribution < -0.4 is 10.1 Å². The minimum absolute atomic E-state index is 0.0214. The van der Waals surface area contributed by atoms with E-state index in [4.69, 9.17) is 14.6 Å². The summed E-state index contributed by atoms with van der Waals surface area (Å²) in [6.45, 7) is 4.22. The molecule has 6 nitrogen and oxygen atoms in total. The van der Waals surface area contributed by atoms with Crippen molar-refractivity contribution in [2.75, 3.05) is 25.1 Å². The first-order valence-corrected chi connectivity index (χ1v) is 10.1. The number of fused-ring (bicyclic) bond motifs is 1. The van der Waals surface area contributed by atoms with Crippen molar-refractivity contribution in [3.63, 3.8) is 0 Å². The lowest BCUT2D eigenvalue weighted by Crippen LogP contribution is -2.25. The lowest BCUT2D eigenvalue weighted by Gasteiger charge is -2.19. The van der Waals surface area contributed by atoms with Gasteiger partial charge in [0.05, 0.1) is 23.7 Å². The Morgan fingerprint density at radius 2 is 2.00 bits per heavy atom. The number of ether oxygens (including phenoxy) is 2. The number of rotatable bonds is 4. The van der Waals surface area contributed by atoms with Crippen molar-refractivity contribution in [2.45, 2.75) is 19.9 Å². The molecule has 2 aliphatic heterocycles. The maximum absolute atomic E-state index is 13.6. The number of nitrogens with zero attached hydrogens (tertiary/aromatic N) is 2. The van der Waals surface area contributed by atoms with Crippen LogP contribution >= 0.6 is 0 Å². The molecule has 30 heavy (non-hydrogen) atoms. The quantitative estimate of drug-likeness (QED) is 0.709. The fourth-order valence-electron chi connectivity index (χ4n) is 4.17. The minimum atomic E-state index is -0.277. The molecular formula is C23H22FN3O3. The van der Waals surface area contributed by atoms with Crippen molar-refractivity contribution in [1.82, 2.24) is 9.78 Å². The van der Waals surface area contributed by atoms with Gasteiger partial charge in [-0.25, -0.2) is 4.39 Å². The van der Waals surface area contributed by atoms with Crippen LogP contribution in [-0.2, 0) is 16.1 Å². The van der Waals surface area contributed by atoms with Crippen LogP contribution in [0.5, 0.6) is 5.75 Å². The summed E-state index contributed by atoms with van der Waals surface area (Å²) in [7, 11) is 0. The second kappa shape index (κ2) is 7.57. The average Bonchev–Trinajstić information content (AvgIpc) is 3.36. The largest absolute Gasteiger partial charge is 0.482 e. The van der Waals surface area contributed by atoms with E-state index >= 15 is 0 Å². The van der Waals surface area contributed by atoms with E-state index in [1.54, 1.807) is 12.1 Å². The minimum Gasteiger partial charge on any atom is -0.482 e. The highest BCUT2D eigenvalue weighted by molar-refractivity contribution is 5.97. The summed E-state index contributed by atoms with van der Waals surface area (Å²) in [4.78, 5) is 11.8. The monoisotopic (exact) mass is 407 g/mol. The molecule has 0 aliphatic carbocycles. The number of carbonyl (C=O) groups excluding carboxylic acids is 1. The SMILES string of the molecule is Cc1nn(CC2CCOC2)c(-c2ccc(F)cc2)c1-c1ccc2c(c1)NC(=O)CO2. The molecule has 0 bridgehead atoms. The third kappa shape index (κ3) is 3.45.